The van der Waals surface area contributed by atoms with E-state index in [0.717, 1.165) is 45.6 Å². The second-order valence-corrected chi connectivity index (χ2v) is 6.58. The summed E-state index contributed by atoms with van der Waals surface area (Å²) in [6.07, 6.45) is 2.42. The van der Waals surface area contributed by atoms with Gasteiger partial charge >= 0.3 is 0 Å². The Bertz CT molecular complexity index is 1260. The lowest BCUT2D eigenvalue weighted by atomic mass is 10.0. The van der Waals surface area contributed by atoms with Gasteiger partial charge in [-0.05, 0) is 48.7 Å². The predicted octanol–water partition coefficient (Wildman–Crippen LogP) is 3.80. The number of aromatic nitrogens is 2. The van der Waals surface area contributed by atoms with Gasteiger partial charge in [-0.1, -0.05) is 31.2 Å². The number of aromatic amines is 1. The number of hydrogen-bond donors (Lipinski definition) is 3. The van der Waals surface area contributed by atoms with E-state index in [4.69, 9.17) is 0 Å². The molecular weight excluding hydrogens is 350 g/mol. The van der Waals surface area contributed by atoms with Crippen LogP contribution in [0, 0.1) is 18.3 Å². The van der Waals surface area contributed by atoms with Crippen molar-refractivity contribution in [1.29, 1.82) is 5.26 Å². The van der Waals surface area contributed by atoms with Gasteiger partial charge in [0.15, 0.2) is 0 Å². The second-order valence-electron chi connectivity index (χ2n) is 6.58. The highest BCUT2D eigenvalue weighted by atomic mass is 16.3. The van der Waals surface area contributed by atoms with Gasteiger partial charge in [-0.2, -0.15) is 15.1 Å². The van der Waals surface area contributed by atoms with Crippen LogP contribution in [0.2, 0.25) is 0 Å². The number of phenols is 1. The molecule has 0 aliphatic carbocycles. The SMILES string of the molecule is CCc1c(C)c(C#N)c2[nH]c3ccccc3[n+]2c1NN=Cc1cccc(O)c1. The zero-order valence-corrected chi connectivity index (χ0v) is 15.7. The minimum absolute atomic E-state index is 0.195. The number of anilines is 1. The average molecular weight is 370 g/mol. The minimum atomic E-state index is 0.195. The van der Waals surface area contributed by atoms with Crippen molar-refractivity contribution in [3.63, 3.8) is 0 Å². The Morgan fingerprint density at radius 3 is 2.82 bits per heavy atom. The van der Waals surface area contributed by atoms with Gasteiger partial charge < -0.3 is 5.11 Å². The third-order valence-corrected chi connectivity index (χ3v) is 4.92. The summed E-state index contributed by atoms with van der Waals surface area (Å²) in [6, 6.07) is 17.2. The number of para-hydroxylation sites is 2. The predicted molar refractivity (Wildman–Crippen MR) is 110 cm³/mol. The first-order chi connectivity index (χ1) is 13.6. The molecule has 138 valence electrons. The maximum absolute atomic E-state index is 9.75. The zero-order valence-electron chi connectivity index (χ0n) is 15.7. The molecule has 0 amide bonds. The molecule has 2 aromatic heterocycles. The molecular formula is C22H20N5O+. The van der Waals surface area contributed by atoms with Gasteiger partial charge in [-0.3, -0.25) is 4.98 Å². The number of aromatic hydroxyl groups is 1. The Morgan fingerprint density at radius 2 is 2.07 bits per heavy atom. The van der Waals surface area contributed by atoms with E-state index < -0.39 is 0 Å². The van der Waals surface area contributed by atoms with E-state index in [2.05, 4.69) is 28.5 Å². The van der Waals surface area contributed by atoms with Crippen molar-refractivity contribution in [2.24, 2.45) is 5.10 Å². The highest BCUT2D eigenvalue weighted by molar-refractivity contribution is 5.81. The third-order valence-electron chi connectivity index (χ3n) is 4.92. The van der Waals surface area contributed by atoms with Crippen molar-refractivity contribution in [2.45, 2.75) is 20.3 Å². The number of nitrogens with zero attached hydrogens (tertiary/aromatic N) is 3. The number of H-pyrrole nitrogens is 1. The molecule has 0 bridgehead atoms. The van der Waals surface area contributed by atoms with Crippen molar-refractivity contribution in [1.82, 2.24) is 4.98 Å². The number of phenolic OH excluding ortho intramolecular Hbond substituents is 1. The van der Waals surface area contributed by atoms with Gasteiger partial charge in [0.1, 0.15) is 28.4 Å². The van der Waals surface area contributed by atoms with Crippen LogP contribution in [0.3, 0.4) is 0 Å². The fourth-order valence-electron chi connectivity index (χ4n) is 3.59. The summed E-state index contributed by atoms with van der Waals surface area (Å²) in [5.74, 6) is 1.02. The number of imidazole rings is 1. The van der Waals surface area contributed by atoms with Crippen LogP contribution in [-0.4, -0.2) is 16.3 Å². The van der Waals surface area contributed by atoms with Crippen LogP contribution in [0.15, 0.2) is 53.6 Å². The summed E-state index contributed by atoms with van der Waals surface area (Å²) in [7, 11) is 0. The van der Waals surface area contributed by atoms with Crippen molar-refractivity contribution in [2.75, 3.05) is 5.43 Å². The maximum Gasteiger partial charge on any atom is 0.253 e. The number of rotatable bonds is 4. The molecule has 0 radical (unpaired) electrons. The van der Waals surface area contributed by atoms with Crippen molar-refractivity contribution < 1.29 is 9.51 Å². The second kappa shape index (κ2) is 7.05. The lowest BCUT2D eigenvalue weighted by Gasteiger charge is -2.10. The molecule has 4 rings (SSSR count). The topological polar surface area (TPSA) is 88.3 Å². The standard InChI is InChI=1S/C22H19N5O/c1-3-17-14(2)18(12-23)21-25-19-9-4-5-10-20(19)27(21)22(17)26-24-13-15-7-6-8-16(28)11-15/h4-11,13H,3H2,1-2H3,(H2,25,26,28)/p+1. The Hall–Kier alpha value is -3.85. The molecule has 4 aromatic rings. The first-order valence-corrected chi connectivity index (χ1v) is 9.10. The molecule has 0 spiro atoms. The Labute approximate surface area is 162 Å². The number of hydrogen-bond acceptors (Lipinski definition) is 4. The quantitative estimate of drug-likeness (QED) is 0.290. The van der Waals surface area contributed by atoms with Crippen LogP contribution < -0.4 is 9.83 Å². The monoisotopic (exact) mass is 370 g/mol. The Balaban J connectivity index is 1.92. The van der Waals surface area contributed by atoms with Crippen LogP contribution in [0.4, 0.5) is 5.82 Å². The fourth-order valence-corrected chi connectivity index (χ4v) is 3.59. The largest absolute Gasteiger partial charge is 0.508 e. The lowest BCUT2D eigenvalue weighted by Crippen LogP contribution is -2.28. The zero-order chi connectivity index (χ0) is 19.7. The number of hydrazone groups is 1. The smallest absolute Gasteiger partial charge is 0.253 e. The van der Waals surface area contributed by atoms with Gasteiger partial charge in [0.25, 0.3) is 5.82 Å². The van der Waals surface area contributed by atoms with Gasteiger partial charge in [0.05, 0.1) is 6.21 Å². The van der Waals surface area contributed by atoms with E-state index in [1.54, 1.807) is 24.4 Å². The molecule has 0 atom stereocenters. The summed E-state index contributed by atoms with van der Waals surface area (Å²) in [5, 5.41) is 23.8. The van der Waals surface area contributed by atoms with Crippen molar-refractivity contribution >= 4 is 28.7 Å². The summed E-state index contributed by atoms with van der Waals surface area (Å²) in [6.45, 7) is 4.03. The van der Waals surface area contributed by atoms with Crippen molar-refractivity contribution in [3.05, 3.63) is 70.8 Å². The summed E-state index contributed by atoms with van der Waals surface area (Å²) < 4.78 is 2.01. The molecule has 6 nitrogen and oxygen atoms in total. The van der Waals surface area contributed by atoms with E-state index >= 15 is 0 Å². The molecule has 0 fully saturated rings. The first kappa shape index (κ1) is 17.6. The number of nitriles is 1. The summed E-state index contributed by atoms with van der Waals surface area (Å²) >= 11 is 0. The summed E-state index contributed by atoms with van der Waals surface area (Å²) in [4.78, 5) is 3.36. The van der Waals surface area contributed by atoms with Gasteiger partial charge in [0.2, 0.25) is 5.65 Å². The molecule has 6 heteroatoms. The number of fused-ring (bicyclic) bond motifs is 3. The van der Waals surface area contributed by atoms with E-state index in [0.29, 0.717) is 5.56 Å². The van der Waals surface area contributed by atoms with Crippen LogP contribution in [0.1, 0.15) is 29.2 Å². The van der Waals surface area contributed by atoms with Gasteiger partial charge in [-0.25, -0.2) is 0 Å². The van der Waals surface area contributed by atoms with Crippen LogP contribution in [-0.2, 0) is 6.42 Å². The van der Waals surface area contributed by atoms with E-state index in [1.165, 1.54) is 0 Å². The molecule has 0 saturated carbocycles. The Kier molecular flexibility index (Phi) is 4.42. The third kappa shape index (κ3) is 2.83. The fraction of sp³-hybridized carbons (Fsp3) is 0.136. The number of benzene rings is 2. The first-order valence-electron chi connectivity index (χ1n) is 9.10. The summed E-state index contributed by atoms with van der Waals surface area (Å²) in [5.41, 5.74) is 9.23. The molecule has 2 aromatic carbocycles. The Morgan fingerprint density at radius 1 is 1.25 bits per heavy atom. The van der Waals surface area contributed by atoms with Gasteiger partial charge in [0, 0.05) is 5.56 Å². The molecule has 2 heterocycles. The molecule has 28 heavy (non-hydrogen) atoms. The maximum atomic E-state index is 9.75. The molecule has 0 saturated heterocycles. The van der Waals surface area contributed by atoms with E-state index in [9.17, 15) is 10.4 Å². The van der Waals surface area contributed by atoms with Crippen LogP contribution >= 0.6 is 0 Å². The minimum Gasteiger partial charge on any atom is -0.508 e. The molecule has 0 unspecified atom stereocenters. The lowest BCUT2D eigenvalue weighted by molar-refractivity contribution is -0.465. The molecule has 3 N–H and O–H groups in total. The highest BCUT2D eigenvalue weighted by Gasteiger charge is 2.24. The van der Waals surface area contributed by atoms with E-state index in [1.807, 2.05) is 41.7 Å². The number of pyridine rings is 1. The van der Waals surface area contributed by atoms with Crippen LogP contribution in [0.25, 0.3) is 16.7 Å². The van der Waals surface area contributed by atoms with Crippen LogP contribution in [0.5, 0.6) is 5.75 Å². The highest BCUT2D eigenvalue weighted by Crippen LogP contribution is 2.25. The van der Waals surface area contributed by atoms with Gasteiger partial charge in [-0.15, -0.1) is 5.10 Å². The number of nitrogens with one attached hydrogen (secondary N) is 2. The van der Waals surface area contributed by atoms with E-state index in [-0.39, 0.29) is 5.75 Å². The molecule has 0 aliphatic rings. The van der Waals surface area contributed by atoms with Crippen molar-refractivity contribution in [3.8, 4) is 11.8 Å². The normalized spacial score (nSPS) is 11.3. The molecule has 0 aliphatic heterocycles. The average Bonchev–Trinajstić information content (AvgIpc) is 3.07.